The number of carboxylic acid groups (broad SMARTS) is 1. The molecule has 186 valence electrons. The van der Waals surface area contributed by atoms with E-state index >= 15 is 0 Å². The fourth-order valence-corrected chi connectivity index (χ4v) is 4.50. The molecule has 1 aliphatic rings. The van der Waals surface area contributed by atoms with Crippen LogP contribution in [0.4, 0.5) is 5.69 Å². The lowest BCUT2D eigenvalue weighted by Gasteiger charge is -2.16. The Kier molecular flexibility index (Phi) is 8.06. The number of nitrogens with zero attached hydrogens (tertiary/aromatic N) is 1. The third-order valence-electron chi connectivity index (χ3n) is 4.89. The monoisotopic (exact) mass is 502 g/mol. The normalized spacial score (nSPS) is 16.0. The molecule has 0 aromatic heterocycles. The van der Waals surface area contributed by atoms with Gasteiger partial charge >= 0.3 is 5.97 Å². The highest BCUT2D eigenvalue weighted by Gasteiger charge is 2.27. The van der Waals surface area contributed by atoms with Crippen LogP contribution in [0.5, 0.6) is 0 Å². The number of aliphatic imine (C=N–C) groups is 1. The number of guanidine groups is 1. The summed E-state index contributed by atoms with van der Waals surface area (Å²) in [4.78, 5) is 33.2. The Labute approximate surface area is 202 Å². The summed E-state index contributed by atoms with van der Waals surface area (Å²) in [6, 6.07) is 11.4. The number of hydrogen-bond acceptors (Lipinski definition) is 7. The zero-order valence-corrected chi connectivity index (χ0v) is 19.6. The molecule has 0 fully saturated rings. The molecule has 2 unspecified atom stereocenters. The summed E-state index contributed by atoms with van der Waals surface area (Å²) in [5, 5.41) is 11.9. The summed E-state index contributed by atoms with van der Waals surface area (Å²) in [5.74, 6) is -2.00. The maximum atomic E-state index is 12.5. The first-order valence-corrected chi connectivity index (χ1v) is 11.9. The standard InChI is InChI=1S/C22H26N6O6S/c1-13-3-2-4-17(9-13)35(32,33)28-19(21(30)31)12-25-20(29)11-16-10-18(27-34-16)14-5-7-15(8-6-14)26-22(23)24/h2-10,16,19,27-28H,11-12H2,1H3,(H,25,29)(H,30,31)(H4,23,24,26). The zero-order chi connectivity index (χ0) is 25.6. The Bertz CT molecular complexity index is 1260. The van der Waals surface area contributed by atoms with Crippen LogP contribution >= 0.6 is 0 Å². The van der Waals surface area contributed by atoms with Crippen LogP contribution in [0.2, 0.25) is 0 Å². The van der Waals surface area contributed by atoms with E-state index in [1.165, 1.54) is 12.1 Å². The van der Waals surface area contributed by atoms with Gasteiger partial charge in [0.25, 0.3) is 0 Å². The minimum Gasteiger partial charge on any atom is -0.480 e. The number of carbonyl (C=O) groups is 2. The number of aliphatic carboxylic acids is 1. The van der Waals surface area contributed by atoms with Crippen molar-refractivity contribution < 1.29 is 28.0 Å². The van der Waals surface area contributed by atoms with Crippen LogP contribution in [0, 0.1) is 6.92 Å². The SMILES string of the molecule is Cc1cccc(S(=O)(=O)NC(CNC(=O)CC2C=C(c3ccc(N=C(N)N)cc3)NO2)C(=O)O)c1. The van der Waals surface area contributed by atoms with Crippen LogP contribution in [0.3, 0.4) is 0 Å². The minimum absolute atomic E-state index is 0.0570. The van der Waals surface area contributed by atoms with Gasteiger partial charge in [0.15, 0.2) is 5.96 Å². The van der Waals surface area contributed by atoms with E-state index in [9.17, 15) is 23.1 Å². The molecule has 0 aliphatic carbocycles. The molecule has 1 amide bonds. The van der Waals surface area contributed by atoms with Crippen molar-refractivity contribution in [1.29, 1.82) is 0 Å². The number of hydrogen-bond donors (Lipinski definition) is 6. The van der Waals surface area contributed by atoms with Crippen molar-refractivity contribution in [3.63, 3.8) is 0 Å². The molecule has 12 nitrogen and oxygen atoms in total. The van der Waals surface area contributed by atoms with E-state index in [-0.39, 0.29) is 17.3 Å². The van der Waals surface area contributed by atoms with Gasteiger partial charge in [-0.2, -0.15) is 4.72 Å². The molecule has 2 aromatic rings. The number of amides is 1. The van der Waals surface area contributed by atoms with Crippen LogP contribution in [0.15, 0.2) is 64.5 Å². The lowest BCUT2D eigenvalue weighted by Crippen LogP contribution is -2.48. The first-order chi connectivity index (χ1) is 16.5. The maximum absolute atomic E-state index is 12.5. The number of carboxylic acids is 1. The van der Waals surface area contributed by atoms with E-state index in [4.69, 9.17) is 16.3 Å². The molecule has 0 saturated carbocycles. The molecular formula is C22H26N6O6S. The second-order valence-electron chi connectivity index (χ2n) is 7.76. The second-order valence-corrected chi connectivity index (χ2v) is 9.47. The predicted molar refractivity (Wildman–Crippen MR) is 128 cm³/mol. The van der Waals surface area contributed by atoms with Crippen molar-refractivity contribution in [1.82, 2.24) is 15.5 Å². The molecule has 13 heteroatoms. The zero-order valence-electron chi connectivity index (χ0n) is 18.8. The number of rotatable bonds is 10. The van der Waals surface area contributed by atoms with Crippen molar-refractivity contribution in [2.24, 2.45) is 16.5 Å². The largest absolute Gasteiger partial charge is 0.480 e. The van der Waals surface area contributed by atoms with Gasteiger partial charge in [-0.3, -0.25) is 19.9 Å². The topological polar surface area (TPSA) is 198 Å². The van der Waals surface area contributed by atoms with Gasteiger partial charge in [-0.15, -0.1) is 0 Å². The molecule has 3 rings (SSSR count). The molecular weight excluding hydrogens is 476 g/mol. The number of hydroxylamine groups is 1. The van der Waals surface area contributed by atoms with E-state index in [2.05, 4.69) is 20.5 Å². The van der Waals surface area contributed by atoms with Crippen molar-refractivity contribution in [2.75, 3.05) is 6.54 Å². The molecule has 0 saturated heterocycles. The van der Waals surface area contributed by atoms with Gasteiger partial charge < -0.3 is 21.9 Å². The Morgan fingerprint density at radius 2 is 1.91 bits per heavy atom. The highest BCUT2D eigenvalue weighted by molar-refractivity contribution is 7.89. The van der Waals surface area contributed by atoms with Gasteiger partial charge in [0, 0.05) is 6.54 Å². The molecule has 35 heavy (non-hydrogen) atoms. The van der Waals surface area contributed by atoms with Gasteiger partial charge in [-0.1, -0.05) is 24.3 Å². The van der Waals surface area contributed by atoms with Crippen molar-refractivity contribution in [3.05, 3.63) is 65.7 Å². The lowest BCUT2D eigenvalue weighted by molar-refractivity contribution is -0.138. The quantitative estimate of drug-likeness (QED) is 0.192. The van der Waals surface area contributed by atoms with Crippen LogP contribution in [0.1, 0.15) is 17.5 Å². The lowest BCUT2D eigenvalue weighted by atomic mass is 10.1. The highest BCUT2D eigenvalue weighted by atomic mass is 32.2. The molecule has 0 bridgehead atoms. The van der Waals surface area contributed by atoms with Gasteiger partial charge in [-0.05, 0) is 48.4 Å². The van der Waals surface area contributed by atoms with Crippen LogP contribution < -0.4 is 27.0 Å². The maximum Gasteiger partial charge on any atom is 0.323 e. The Balaban J connectivity index is 1.56. The Morgan fingerprint density at radius 1 is 1.20 bits per heavy atom. The summed E-state index contributed by atoms with van der Waals surface area (Å²) in [6.07, 6.45) is 0.971. The van der Waals surface area contributed by atoms with Gasteiger partial charge in [-0.25, -0.2) is 13.4 Å². The molecule has 1 heterocycles. The smallest absolute Gasteiger partial charge is 0.323 e. The number of sulfonamides is 1. The van der Waals surface area contributed by atoms with Gasteiger partial charge in [0.1, 0.15) is 12.1 Å². The number of nitrogens with two attached hydrogens (primary N) is 2. The molecule has 0 radical (unpaired) electrons. The van der Waals surface area contributed by atoms with E-state index in [0.29, 0.717) is 16.9 Å². The number of benzene rings is 2. The first kappa shape index (κ1) is 25.7. The molecule has 0 spiro atoms. The molecule has 1 aliphatic heterocycles. The Hall–Kier alpha value is -3.94. The minimum atomic E-state index is -4.09. The molecule has 2 atom stereocenters. The third kappa shape index (κ3) is 7.27. The summed E-state index contributed by atoms with van der Waals surface area (Å²) < 4.78 is 27.2. The van der Waals surface area contributed by atoms with Crippen molar-refractivity contribution in [2.45, 2.75) is 30.4 Å². The van der Waals surface area contributed by atoms with Crippen LogP contribution in [-0.4, -0.2) is 50.1 Å². The van der Waals surface area contributed by atoms with Gasteiger partial charge in [0.2, 0.25) is 15.9 Å². The number of aryl methyl sites for hydroxylation is 1. The average Bonchev–Trinajstić information content (AvgIpc) is 3.25. The summed E-state index contributed by atoms with van der Waals surface area (Å²) in [6.45, 7) is 1.28. The van der Waals surface area contributed by atoms with Crippen LogP contribution in [-0.2, 0) is 24.4 Å². The van der Waals surface area contributed by atoms with E-state index in [0.717, 1.165) is 5.56 Å². The summed E-state index contributed by atoms with van der Waals surface area (Å²) in [5.41, 5.74) is 16.1. The van der Waals surface area contributed by atoms with Crippen LogP contribution in [0.25, 0.3) is 5.70 Å². The number of carbonyl (C=O) groups excluding carboxylic acids is 1. The van der Waals surface area contributed by atoms with Crippen molar-refractivity contribution in [3.8, 4) is 0 Å². The average molecular weight is 503 g/mol. The molecule has 2 aromatic carbocycles. The van der Waals surface area contributed by atoms with E-state index in [1.807, 2.05) is 0 Å². The summed E-state index contributed by atoms with van der Waals surface area (Å²) >= 11 is 0. The Morgan fingerprint density at radius 3 is 2.54 bits per heavy atom. The first-order valence-electron chi connectivity index (χ1n) is 10.5. The third-order valence-corrected chi connectivity index (χ3v) is 6.36. The number of nitrogens with one attached hydrogen (secondary N) is 3. The second kappa shape index (κ2) is 11.0. The molecule has 8 N–H and O–H groups in total. The predicted octanol–water partition coefficient (Wildman–Crippen LogP) is 0.0822. The van der Waals surface area contributed by atoms with Crippen molar-refractivity contribution >= 4 is 39.2 Å². The fraction of sp³-hybridized carbons (Fsp3) is 0.227. The summed E-state index contributed by atoms with van der Waals surface area (Å²) in [7, 11) is -4.09. The van der Waals surface area contributed by atoms with E-state index in [1.54, 1.807) is 49.4 Å². The van der Waals surface area contributed by atoms with Gasteiger partial charge in [0.05, 0.1) is 22.7 Å². The fourth-order valence-electron chi connectivity index (χ4n) is 3.20. The van der Waals surface area contributed by atoms with E-state index < -0.39 is 40.6 Å². The highest BCUT2D eigenvalue weighted by Crippen LogP contribution is 2.22.